The summed E-state index contributed by atoms with van der Waals surface area (Å²) in [7, 11) is 0. The molecule has 0 aromatic heterocycles. The molecule has 0 saturated carbocycles. The van der Waals surface area contributed by atoms with Gasteiger partial charge in [-0.3, -0.25) is 0 Å². The van der Waals surface area contributed by atoms with Crippen LogP contribution in [-0.2, 0) is 32.7 Å². The van der Waals surface area contributed by atoms with Crippen molar-refractivity contribution in [2.45, 2.75) is 6.92 Å². The van der Waals surface area contributed by atoms with Crippen molar-refractivity contribution in [2.24, 2.45) is 0 Å². The molecule has 0 radical (unpaired) electrons. The van der Waals surface area contributed by atoms with E-state index in [1.54, 1.807) is 0 Å². The van der Waals surface area contributed by atoms with E-state index in [1.807, 2.05) is 6.92 Å². The summed E-state index contributed by atoms with van der Waals surface area (Å²) in [4.78, 5) is 0. The first-order chi connectivity index (χ1) is 7.42. The minimum Gasteiger partial charge on any atom is -0.203 e. The molecule has 0 fully saturated rings. The Hall–Kier alpha value is -0.716. The average molecular weight is 280 g/mol. The van der Waals surface area contributed by atoms with E-state index in [0.29, 0.717) is 0 Å². The summed E-state index contributed by atoms with van der Waals surface area (Å²) in [5, 5.41) is 0. The fourth-order valence-electron chi connectivity index (χ4n) is 2.29. The van der Waals surface area contributed by atoms with E-state index in [9.17, 15) is 0 Å². The molecule has 0 amide bonds. The summed E-state index contributed by atoms with van der Waals surface area (Å²) in [6, 6.07) is 17.0. The van der Waals surface area contributed by atoms with E-state index in [2.05, 4.69) is 54.6 Å². The number of hydrogen-bond donors (Lipinski definition) is 0. The van der Waals surface area contributed by atoms with E-state index in [0.717, 1.165) is 0 Å². The van der Waals surface area contributed by atoms with Gasteiger partial charge in [-0.25, -0.2) is 6.08 Å². The molecule has 0 atom stereocenters. The van der Waals surface area contributed by atoms with Crippen molar-refractivity contribution in [2.75, 3.05) is 0 Å². The zero-order valence-electron chi connectivity index (χ0n) is 9.20. The molecular weight excluding hydrogens is 269 g/mol. The second-order valence-electron chi connectivity index (χ2n) is 3.72. The molecule has 0 bridgehead atoms. The Morgan fingerprint density at radius 1 is 0.688 bits per heavy atom. The third-order valence-corrected chi connectivity index (χ3v) is 2.93. The SMILES string of the molecule is C[C-]=C1c2ccccc2-c2ccccc21.[Y+3]. The van der Waals surface area contributed by atoms with Gasteiger partial charge >= 0.3 is 32.7 Å². The normalized spacial score (nSPS) is 11.4. The van der Waals surface area contributed by atoms with Gasteiger partial charge in [0.1, 0.15) is 0 Å². The molecule has 3 rings (SSSR count). The van der Waals surface area contributed by atoms with Crippen molar-refractivity contribution >= 4 is 5.57 Å². The second-order valence-corrected chi connectivity index (χ2v) is 3.72. The van der Waals surface area contributed by atoms with Crippen molar-refractivity contribution in [3.8, 4) is 11.1 Å². The maximum absolute atomic E-state index is 3.29. The molecule has 1 aliphatic carbocycles. The van der Waals surface area contributed by atoms with E-state index < -0.39 is 0 Å². The average Bonchev–Trinajstić information content (AvgIpc) is 2.63. The molecule has 72 valence electrons. The summed E-state index contributed by atoms with van der Waals surface area (Å²) in [5.74, 6) is 0. The maximum atomic E-state index is 3.29. The van der Waals surface area contributed by atoms with Gasteiger partial charge in [0.2, 0.25) is 0 Å². The first kappa shape index (κ1) is 11.8. The van der Waals surface area contributed by atoms with Crippen LogP contribution in [0.25, 0.3) is 16.7 Å². The first-order valence-electron chi connectivity index (χ1n) is 5.15. The quantitative estimate of drug-likeness (QED) is 0.547. The van der Waals surface area contributed by atoms with E-state index in [4.69, 9.17) is 0 Å². The Balaban J connectivity index is 0.000000963. The van der Waals surface area contributed by atoms with E-state index in [-0.39, 0.29) is 32.7 Å². The van der Waals surface area contributed by atoms with Gasteiger partial charge in [-0.15, -0.1) is 23.3 Å². The van der Waals surface area contributed by atoms with Gasteiger partial charge in [-0.05, 0) is 0 Å². The molecular formula is C15H11Y+2. The summed E-state index contributed by atoms with van der Waals surface area (Å²) < 4.78 is 0. The number of hydrogen-bond acceptors (Lipinski definition) is 0. The van der Waals surface area contributed by atoms with Gasteiger partial charge < -0.3 is 0 Å². The molecule has 0 spiro atoms. The van der Waals surface area contributed by atoms with Crippen LogP contribution in [0.3, 0.4) is 0 Å². The zero-order chi connectivity index (χ0) is 10.3. The minimum absolute atomic E-state index is 0. The molecule has 0 aliphatic heterocycles. The van der Waals surface area contributed by atoms with Gasteiger partial charge in [0.15, 0.2) is 0 Å². The molecule has 0 saturated heterocycles. The zero-order valence-corrected chi connectivity index (χ0v) is 12.0. The van der Waals surface area contributed by atoms with Crippen LogP contribution in [0.1, 0.15) is 18.1 Å². The Morgan fingerprint density at radius 3 is 1.44 bits per heavy atom. The molecule has 0 nitrogen and oxygen atoms in total. The van der Waals surface area contributed by atoms with Crippen LogP contribution in [0.2, 0.25) is 0 Å². The second kappa shape index (κ2) is 4.65. The summed E-state index contributed by atoms with van der Waals surface area (Å²) in [6.07, 6.45) is 3.29. The number of allylic oxidation sites excluding steroid dienone is 1. The summed E-state index contributed by atoms with van der Waals surface area (Å²) >= 11 is 0. The smallest absolute Gasteiger partial charge is 0.203 e. The largest absolute Gasteiger partial charge is 3.00 e. The van der Waals surface area contributed by atoms with Crippen LogP contribution >= 0.6 is 0 Å². The molecule has 1 heteroatoms. The van der Waals surface area contributed by atoms with Crippen LogP contribution < -0.4 is 0 Å². The van der Waals surface area contributed by atoms with Crippen LogP contribution in [-0.4, -0.2) is 0 Å². The van der Waals surface area contributed by atoms with Gasteiger partial charge in [0.05, 0.1) is 0 Å². The Morgan fingerprint density at radius 2 is 1.06 bits per heavy atom. The van der Waals surface area contributed by atoms with Crippen LogP contribution in [0.15, 0.2) is 48.5 Å². The van der Waals surface area contributed by atoms with Crippen LogP contribution in [0.4, 0.5) is 0 Å². The molecule has 1 aliphatic rings. The molecule has 0 unspecified atom stereocenters. The minimum atomic E-state index is 0. The van der Waals surface area contributed by atoms with Crippen molar-refractivity contribution < 1.29 is 32.7 Å². The standard InChI is InChI=1S/C15H11.Y/c1-2-11-12-7-3-5-9-14(12)15-10-6-4-8-13(11)15;/h3-10H,1H3;/q-1;+3. The molecule has 2 aromatic carbocycles. The maximum Gasteiger partial charge on any atom is 3.00 e. The Labute approximate surface area is 121 Å². The molecule has 0 N–H and O–H groups in total. The van der Waals surface area contributed by atoms with Gasteiger partial charge in [0, 0.05) is 0 Å². The fraction of sp³-hybridized carbons (Fsp3) is 0.0667. The monoisotopic (exact) mass is 280 g/mol. The third kappa shape index (κ3) is 1.61. The van der Waals surface area contributed by atoms with Crippen molar-refractivity contribution in [3.63, 3.8) is 0 Å². The summed E-state index contributed by atoms with van der Waals surface area (Å²) in [5.41, 5.74) is 6.51. The molecule has 16 heavy (non-hydrogen) atoms. The fourth-order valence-corrected chi connectivity index (χ4v) is 2.29. The third-order valence-electron chi connectivity index (χ3n) is 2.93. The van der Waals surface area contributed by atoms with E-state index in [1.165, 1.54) is 27.8 Å². The van der Waals surface area contributed by atoms with E-state index >= 15 is 0 Å². The summed E-state index contributed by atoms with van der Waals surface area (Å²) in [6.45, 7) is 1.98. The van der Waals surface area contributed by atoms with Crippen molar-refractivity contribution in [3.05, 3.63) is 65.7 Å². The predicted molar refractivity (Wildman–Crippen MR) is 63.3 cm³/mol. The van der Waals surface area contributed by atoms with Crippen LogP contribution in [0.5, 0.6) is 0 Å². The van der Waals surface area contributed by atoms with Gasteiger partial charge in [-0.1, -0.05) is 54.4 Å². The van der Waals surface area contributed by atoms with Crippen molar-refractivity contribution in [1.82, 2.24) is 0 Å². The van der Waals surface area contributed by atoms with Crippen LogP contribution in [0, 0.1) is 6.08 Å². The Kier molecular flexibility index (Phi) is 3.42. The Bertz CT molecular complexity index is 505. The molecule has 0 heterocycles. The van der Waals surface area contributed by atoms with Gasteiger partial charge in [0.25, 0.3) is 0 Å². The number of fused-ring (bicyclic) bond motifs is 3. The topological polar surface area (TPSA) is 0 Å². The predicted octanol–water partition coefficient (Wildman–Crippen LogP) is 3.92. The first-order valence-corrected chi connectivity index (χ1v) is 5.15. The number of rotatable bonds is 0. The van der Waals surface area contributed by atoms with Crippen molar-refractivity contribution in [1.29, 1.82) is 0 Å². The molecule has 2 aromatic rings. The number of benzene rings is 2. The van der Waals surface area contributed by atoms with Gasteiger partial charge in [-0.2, -0.15) is 5.57 Å².